The molecule has 8 heteroatoms. The molecule has 7 nitrogen and oxygen atoms in total. The first-order valence-corrected chi connectivity index (χ1v) is 10.4. The zero-order chi connectivity index (χ0) is 19.3. The van der Waals surface area contributed by atoms with Crippen LogP contribution in [0.2, 0.25) is 0 Å². The molecular formula is C20H25N5O2S+2. The molecule has 3 N–H and O–H groups in total. The Morgan fingerprint density at radius 1 is 1.32 bits per heavy atom. The van der Waals surface area contributed by atoms with E-state index < -0.39 is 0 Å². The lowest BCUT2D eigenvalue weighted by molar-refractivity contribution is -0.892. The minimum atomic E-state index is 0.0128. The molecule has 1 aliphatic rings. The predicted molar refractivity (Wildman–Crippen MR) is 110 cm³/mol. The fourth-order valence-electron chi connectivity index (χ4n) is 3.43. The maximum Gasteiger partial charge on any atom is 0.281 e. The zero-order valence-corrected chi connectivity index (χ0v) is 16.7. The number of H-pyrrole nitrogens is 1. The zero-order valence-electron chi connectivity index (χ0n) is 15.9. The van der Waals surface area contributed by atoms with Gasteiger partial charge in [0.1, 0.15) is 31.9 Å². The van der Waals surface area contributed by atoms with Crippen LogP contribution in [0.1, 0.15) is 6.92 Å². The summed E-state index contributed by atoms with van der Waals surface area (Å²) in [6.45, 7) is 6.80. The van der Waals surface area contributed by atoms with Crippen molar-refractivity contribution in [2.45, 2.75) is 6.92 Å². The molecule has 0 bridgehead atoms. The number of anilines is 2. The van der Waals surface area contributed by atoms with Crippen LogP contribution >= 0.6 is 11.3 Å². The average molecular weight is 400 g/mol. The van der Waals surface area contributed by atoms with Crippen molar-refractivity contribution in [1.29, 1.82) is 0 Å². The third kappa shape index (κ3) is 4.40. The third-order valence-electron chi connectivity index (χ3n) is 4.83. The average Bonchev–Trinajstić information content (AvgIpc) is 3.11. The lowest BCUT2D eigenvalue weighted by atomic mass is 10.3. The number of fused-ring (bicyclic) bond motifs is 1. The molecule has 0 saturated carbocycles. The summed E-state index contributed by atoms with van der Waals surface area (Å²) in [4.78, 5) is 23.9. The number of quaternary nitrogens is 1. The predicted octanol–water partition coefficient (Wildman–Crippen LogP) is 0.853. The summed E-state index contributed by atoms with van der Waals surface area (Å²) in [6, 6.07) is 11.9. The summed E-state index contributed by atoms with van der Waals surface area (Å²) in [5.41, 5.74) is 0.879. The number of rotatable bonds is 6. The Kier molecular flexibility index (Phi) is 5.68. The van der Waals surface area contributed by atoms with Gasteiger partial charge in [-0.05, 0) is 31.2 Å². The van der Waals surface area contributed by atoms with Crippen molar-refractivity contribution in [3.63, 3.8) is 0 Å². The van der Waals surface area contributed by atoms with Gasteiger partial charge in [-0.15, -0.1) is 0 Å². The van der Waals surface area contributed by atoms with E-state index >= 15 is 0 Å². The topological polar surface area (TPSA) is 73.0 Å². The van der Waals surface area contributed by atoms with Crippen LogP contribution in [0.5, 0.6) is 5.75 Å². The molecule has 1 saturated heterocycles. The maximum atomic E-state index is 12.5. The van der Waals surface area contributed by atoms with Crippen LogP contribution in [0, 0.1) is 0 Å². The standard InChI is InChI=1S/C20H23N5O2S/c1-2-27-15-6-7-16-17(13-15)28-20(22-16)23-19(26)14-24-9-11-25(12-10-24)18-5-3-4-8-21-18/h3-8,13H,2,9-12,14H2,1H3,(H,22,23,26)/p+2. The van der Waals surface area contributed by atoms with Crippen LogP contribution in [0.25, 0.3) is 10.2 Å². The van der Waals surface area contributed by atoms with Crippen molar-refractivity contribution in [3.8, 4) is 5.75 Å². The van der Waals surface area contributed by atoms with E-state index in [-0.39, 0.29) is 5.91 Å². The van der Waals surface area contributed by atoms with Gasteiger partial charge in [0.05, 0.1) is 23.0 Å². The van der Waals surface area contributed by atoms with Gasteiger partial charge in [-0.1, -0.05) is 17.4 Å². The quantitative estimate of drug-likeness (QED) is 0.645. The summed E-state index contributed by atoms with van der Waals surface area (Å²) >= 11 is 1.48. The van der Waals surface area contributed by atoms with Gasteiger partial charge in [0.15, 0.2) is 11.7 Å². The summed E-state index contributed by atoms with van der Waals surface area (Å²) in [5, 5.41) is 3.60. The summed E-state index contributed by atoms with van der Waals surface area (Å²) in [7, 11) is 0. The molecule has 0 aliphatic carbocycles. The van der Waals surface area contributed by atoms with Crippen molar-refractivity contribution in [3.05, 3.63) is 42.6 Å². The van der Waals surface area contributed by atoms with Crippen LogP contribution in [0.15, 0.2) is 42.6 Å². The molecule has 2 aromatic heterocycles. The Morgan fingerprint density at radius 3 is 2.93 bits per heavy atom. The molecule has 3 heterocycles. The molecule has 3 aromatic rings. The van der Waals surface area contributed by atoms with Crippen molar-refractivity contribution in [1.82, 2.24) is 4.98 Å². The lowest BCUT2D eigenvalue weighted by Crippen LogP contribution is -3.15. The second kappa shape index (κ2) is 8.53. The van der Waals surface area contributed by atoms with Crippen molar-refractivity contribution in [2.24, 2.45) is 0 Å². The van der Waals surface area contributed by atoms with Crippen molar-refractivity contribution < 1.29 is 19.4 Å². The van der Waals surface area contributed by atoms with Crippen LogP contribution < -0.4 is 24.8 Å². The van der Waals surface area contributed by atoms with E-state index in [2.05, 4.69) is 26.3 Å². The smallest absolute Gasteiger partial charge is 0.281 e. The van der Waals surface area contributed by atoms with Gasteiger partial charge < -0.3 is 9.64 Å². The number of ether oxygens (including phenoxy) is 1. The van der Waals surface area contributed by atoms with Gasteiger partial charge >= 0.3 is 0 Å². The van der Waals surface area contributed by atoms with E-state index in [0.717, 1.165) is 48.0 Å². The highest BCUT2D eigenvalue weighted by atomic mass is 32.1. The summed E-state index contributed by atoms with van der Waals surface area (Å²) < 4.78 is 6.54. The molecule has 0 atom stereocenters. The molecular weight excluding hydrogens is 374 g/mol. The molecule has 0 radical (unpaired) electrons. The summed E-state index contributed by atoms with van der Waals surface area (Å²) in [6.07, 6.45) is 1.94. The molecule has 1 aliphatic heterocycles. The highest BCUT2D eigenvalue weighted by Gasteiger charge is 2.27. The highest BCUT2D eigenvalue weighted by Crippen LogP contribution is 2.29. The second-order valence-electron chi connectivity index (χ2n) is 6.79. The first-order valence-electron chi connectivity index (χ1n) is 9.60. The Balaban J connectivity index is 1.30. The fourth-order valence-corrected chi connectivity index (χ4v) is 4.34. The Bertz CT molecular complexity index is 938. The van der Waals surface area contributed by atoms with Gasteiger partial charge in [0.2, 0.25) is 0 Å². The Morgan fingerprint density at radius 2 is 2.18 bits per heavy atom. The van der Waals surface area contributed by atoms with E-state index in [1.807, 2.05) is 43.5 Å². The number of carbonyl (C=O) groups excluding carboxylic acids is 1. The third-order valence-corrected chi connectivity index (χ3v) is 5.77. The number of carbonyl (C=O) groups is 1. The first-order chi connectivity index (χ1) is 13.7. The van der Waals surface area contributed by atoms with Gasteiger partial charge in [-0.3, -0.25) is 15.0 Å². The second-order valence-corrected chi connectivity index (χ2v) is 7.82. The Hall–Kier alpha value is -2.71. The molecule has 146 valence electrons. The van der Waals surface area contributed by atoms with Crippen LogP contribution in [0.3, 0.4) is 0 Å². The van der Waals surface area contributed by atoms with E-state index in [1.54, 1.807) is 0 Å². The SMILES string of the molecule is CCOc1ccc2nc(NC(=O)C[NH+]3CCN(c4cccc[nH+]4)CC3)sc2c1. The number of benzene rings is 1. The number of nitrogens with one attached hydrogen (secondary N) is 3. The number of amides is 1. The van der Waals surface area contributed by atoms with Crippen LogP contribution in [-0.4, -0.2) is 50.2 Å². The van der Waals surface area contributed by atoms with Crippen molar-refractivity contribution >= 4 is 38.4 Å². The van der Waals surface area contributed by atoms with E-state index in [4.69, 9.17) is 4.74 Å². The summed E-state index contributed by atoms with van der Waals surface area (Å²) in [5.74, 6) is 1.97. The van der Waals surface area contributed by atoms with Crippen molar-refractivity contribution in [2.75, 3.05) is 49.5 Å². The normalized spacial score (nSPS) is 15.0. The maximum absolute atomic E-state index is 12.5. The number of hydrogen-bond acceptors (Lipinski definition) is 5. The molecule has 1 fully saturated rings. The number of nitrogens with zero attached hydrogens (tertiary/aromatic N) is 2. The molecule has 28 heavy (non-hydrogen) atoms. The fraction of sp³-hybridized carbons (Fsp3) is 0.350. The largest absolute Gasteiger partial charge is 0.494 e. The Labute approximate surface area is 168 Å². The van der Waals surface area contributed by atoms with E-state index in [0.29, 0.717) is 18.3 Å². The number of thiazole rings is 1. The number of piperazine rings is 1. The molecule has 4 rings (SSSR count). The lowest BCUT2D eigenvalue weighted by Gasteiger charge is -2.27. The minimum Gasteiger partial charge on any atom is -0.494 e. The minimum absolute atomic E-state index is 0.0128. The number of pyridine rings is 1. The first kappa shape index (κ1) is 18.6. The van der Waals surface area contributed by atoms with Gasteiger partial charge in [-0.25, -0.2) is 9.97 Å². The molecule has 1 amide bonds. The van der Waals surface area contributed by atoms with Gasteiger partial charge in [0.25, 0.3) is 11.7 Å². The number of aromatic nitrogens is 2. The van der Waals surface area contributed by atoms with Crippen LogP contribution in [-0.2, 0) is 4.79 Å². The monoisotopic (exact) mass is 399 g/mol. The van der Waals surface area contributed by atoms with Gasteiger partial charge in [-0.2, -0.15) is 0 Å². The highest BCUT2D eigenvalue weighted by molar-refractivity contribution is 7.22. The van der Waals surface area contributed by atoms with Gasteiger partial charge in [0, 0.05) is 6.07 Å². The number of hydrogen-bond donors (Lipinski definition) is 2. The molecule has 0 unspecified atom stereocenters. The van der Waals surface area contributed by atoms with Crippen LogP contribution in [0.4, 0.5) is 10.9 Å². The molecule has 1 aromatic carbocycles. The molecule has 0 spiro atoms. The van der Waals surface area contributed by atoms with E-state index in [1.165, 1.54) is 16.2 Å². The number of aromatic amines is 1. The van der Waals surface area contributed by atoms with E-state index in [9.17, 15) is 4.79 Å².